The minimum absolute atomic E-state index is 0.225. The van der Waals surface area contributed by atoms with Crippen molar-refractivity contribution in [3.8, 4) is 0 Å². The second-order valence-corrected chi connectivity index (χ2v) is 4.04. The van der Waals surface area contributed by atoms with Gasteiger partial charge in [0.1, 0.15) is 12.2 Å². The molecular weight excluding hydrogens is 256 g/mol. The Kier molecular flexibility index (Phi) is 4.07. The average molecular weight is 269 g/mol. The van der Waals surface area contributed by atoms with Gasteiger partial charge in [-0.2, -0.15) is 0 Å². The molecule has 0 radical (unpaired) electrons. The third kappa shape index (κ3) is 2.94. The zero-order chi connectivity index (χ0) is 13.0. The fourth-order valence-electron chi connectivity index (χ4n) is 1.67. The number of para-hydroxylation sites is 1. The molecule has 0 aliphatic carbocycles. The summed E-state index contributed by atoms with van der Waals surface area (Å²) in [6.07, 6.45) is -0.774. The van der Waals surface area contributed by atoms with E-state index in [1.54, 1.807) is 0 Å². The van der Waals surface area contributed by atoms with Crippen molar-refractivity contribution in [3.63, 3.8) is 0 Å². The van der Waals surface area contributed by atoms with E-state index in [-0.39, 0.29) is 6.61 Å². The highest BCUT2D eigenvalue weighted by atomic mass is 35.5. The van der Waals surface area contributed by atoms with Crippen LogP contribution >= 0.6 is 11.6 Å². The number of hydrogen-bond donors (Lipinski definition) is 2. The highest BCUT2D eigenvalue weighted by Crippen LogP contribution is 2.29. The van der Waals surface area contributed by atoms with E-state index in [2.05, 4.69) is 10.1 Å². The number of rotatable bonds is 5. The fourth-order valence-corrected chi connectivity index (χ4v) is 1.92. The van der Waals surface area contributed by atoms with Gasteiger partial charge in [-0.1, -0.05) is 18.2 Å². The number of benzene rings is 1. The van der Waals surface area contributed by atoms with Crippen LogP contribution < -0.4 is 11.1 Å². The predicted molar refractivity (Wildman–Crippen MR) is 68.5 cm³/mol. The van der Waals surface area contributed by atoms with Crippen molar-refractivity contribution in [1.29, 1.82) is 0 Å². The first-order chi connectivity index (χ1) is 8.68. The lowest BCUT2D eigenvalue weighted by atomic mass is 10.2. The van der Waals surface area contributed by atoms with Gasteiger partial charge in [0.15, 0.2) is 5.22 Å². The third-order valence-electron chi connectivity index (χ3n) is 2.47. The molecule has 0 saturated heterocycles. The molecular formula is C12H13ClN2O3. The topological polar surface area (TPSA) is 77.5 Å². The monoisotopic (exact) mass is 268 g/mol. The SMILES string of the molecule is NC(=O)OCCNCc1c(Cl)oc2ccccc12. The largest absolute Gasteiger partial charge is 0.448 e. The lowest BCUT2D eigenvalue weighted by Gasteiger charge is -2.04. The van der Waals surface area contributed by atoms with Crippen LogP contribution in [0.15, 0.2) is 28.7 Å². The van der Waals surface area contributed by atoms with E-state index in [4.69, 9.17) is 21.8 Å². The van der Waals surface area contributed by atoms with Crippen LogP contribution in [-0.4, -0.2) is 19.2 Å². The number of hydrogen-bond acceptors (Lipinski definition) is 4. The Labute approximate surface area is 109 Å². The number of carbonyl (C=O) groups excluding carboxylic acids is 1. The summed E-state index contributed by atoms with van der Waals surface area (Å²) in [7, 11) is 0. The zero-order valence-electron chi connectivity index (χ0n) is 9.61. The Bertz CT molecular complexity index is 553. The van der Waals surface area contributed by atoms with Crippen LogP contribution in [0.4, 0.5) is 4.79 Å². The number of halogens is 1. The van der Waals surface area contributed by atoms with Crippen molar-refractivity contribution in [2.45, 2.75) is 6.54 Å². The molecule has 5 nitrogen and oxygen atoms in total. The molecule has 0 aliphatic rings. The maximum absolute atomic E-state index is 10.4. The van der Waals surface area contributed by atoms with Crippen LogP contribution in [0.3, 0.4) is 0 Å². The second-order valence-electron chi connectivity index (χ2n) is 3.69. The van der Waals surface area contributed by atoms with Gasteiger partial charge >= 0.3 is 6.09 Å². The summed E-state index contributed by atoms with van der Waals surface area (Å²) < 4.78 is 10.0. The van der Waals surface area contributed by atoms with Crippen LogP contribution in [0.1, 0.15) is 5.56 Å². The molecule has 0 fully saturated rings. The Morgan fingerprint density at radius 2 is 2.22 bits per heavy atom. The molecule has 0 aliphatic heterocycles. The highest BCUT2D eigenvalue weighted by Gasteiger charge is 2.11. The number of carbonyl (C=O) groups is 1. The van der Waals surface area contributed by atoms with E-state index >= 15 is 0 Å². The van der Waals surface area contributed by atoms with E-state index in [1.807, 2.05) is 24.3 Å². The normalized spacial score (nSPS) is 10.7. The minimum atomic E-state index is -0.774. The van der Waals surface area contributed by atoms with Crippen LogP contribution in [0, 0.1) is 0 Å². The van der Waals surface area contributed by atoms with Crippen LogP contribution in [0.5, 0.6) is 0 Å². The molecule has 96 valence electrons. The molecule has 0 bridgehead atoms. The smallest absolute Gasteiger partial charge is 0.404 e. The van der Waals surface area contributed by atoms with Crippen molar-refractivity contribution in [3.05, 3.63) is 35.0 Å². The molecule has 0 unspecified atom stereocenters. The lowest BCUT2D eigenvalue weighted by Crippen LogP contribution is -2.23. The quantitative estimate of drug-likeness (QED) is 0.816. The fraction of sp³-hybridized carbons (Fsp3) is 0.250. The Morgan fingerprint density at radius 3 is 3.00 bits per heavy atom. The number of amides is 1. The number of fused-ring (bicyclic) bond motifs is 1. The number of furan rings is 1. The van der Waals surface area contributed by atoms with E-state index < -0.39 is 6.09 Å². The molecule has 1 heterocycles. The van der Waals surface area contributed by atoms with Crippen molar-refractivity contribution in [2.24, 2.45) is 5.73 Å². The molecule has 6 heteroatoms. The molecule has 2 rings (SSSR count). The average Bonchev–Trinajstić information content (AvgIpc) is 2.65. The van der Waals surface area contributed by atoms with E-state index in [0.29, 0.717) is 18.3 Å². The molecule has 1 amide bonds. The van der Waals surface area contributed by atoms with Crippen LogP contribution in [0.2, 0.25) is 5.22 Å². The van der Waals surface area contributed by atoms with Crippen molar-refractivity contribution >= 4 is 28.7 Å². The van der Waals surface area contributed by atoms with Crippen molar-refractivity contribution in [2.75, 3.05) is 13.2 Å². The summed E-state index contributed by atoms with van der Waals surface area (Å²) in [6, 6.07) is 7.62. The van der Waals surface area contributed by atoms with Gasteiger partial charge in [0.25, 0.3) is 0 Å². The molecule has 18 heavy (non-hydrogen) atoms. The summed E-state index contributed by atoms with van der Waals surface area (Å²) >= 11 is 6.02. The lowest BCUT2D eigenvalue weighted by molar-refractivity contribution is 0.157. The number of nitrogens with two attached hydrogens (primary N) is 1. The van der Waals surface area contributed by atoms with Crippen molar-refractivity contribution < 1.29 is 13.9 Å². The molecule has 2 aromatic rings. The highest BCUT2D eigenvalue weighted by molar-refractivity contribution is 6.30. The Morgan fingerprint density at radius 1 is 1.44 bits per heavy atom. The number of nitrogens with one attached hydrogen (secondary N) is 1. The summed E-state index contributed by atoms with van der Waals surface area (Å²) in [5, 5.41) is 4.45. The zero-order valence-corrected chi connectivity index (χ0v) is 10.4. The maximum atomic E-state index is 10.4. The van der Waals surface area contributed by atoms with Gasteiger partial charge in [-0.3, -0.25) is 0 Å². The summed E-state index contributed by atoms with van der Waals surface area (Å²) in [5.41, 5.74) is 6.49. The maximum Gasteiger partial charge on any atom is 0.404 e. The molecule has 3 N–H and O–H groups in total. The van der Waals surface area contributed by atoms with Gasteiger partial charge in [0.2, 0.25) is 0 Å². The van der Waals surface area contributed by atoms with Gasteiger partial charge in [-0.15, -0.1) is 0 Å². The molecule has 0 spiro atoms. The first kappa shape index (κ1) is 12.7. The van der Waals surface area contributed by atoms with Gasteiger partial charge in [0, 0.05) is 24.0 Å². The predicted octanol–water partition coefficient (Wildman–Crippen LogP) is 2.27. The Hall–Kier alpha value is -1.72. The van der Waals surface area contributed by atoms with E-state index in [9.17, 15) is 4.79 Å². The van der Waals surface area contributed by atoms with E-state index in [1.165, 1.54) is 0 Å². The first-order valence-electron chi connectivity index (χ1n) is 5.47. The van der Waals surface area contributed by atoms with Crippen LogP contribution in [-0.2, 0) is 11.3 Å². The summed E-state index contributed by atoms with van der Waals surface area (Å²) in [5.74, 6) is 0. The van der Waals surface area contributed by atoms with Gasteiger partial charge in [-0.25, -0.2) is 4.79 Å². The molecule has 0 saturated carbocycles. The van der Waals surface area contributed by atoms with Crippen LogP contribution in [0.25, 0.3) is 11.0 Å². The third-order valence-corrected chi connectivity index (χ3v) is 2.78. The summed E-state index contributed by atoms with van der Waals surface area (Å²) in [6.45, 7) is 1.26. The molecule has 1 aromatic heterocycles. The number of primary amides is 1. The number of ether oxygens (including phenoxy) is 1. The van der Waals surface area contributed by atoms with Gasteiger partial charge < -0.3 is 20.2 Å². The Balaban J connectivity index is 1.95. The summed E-state index contributed by atoms with van der Waals surface area (Å²) in [4.78, 5) is 10.4. The minimum Gasteiger partial charge on any atom is -0.448 e. The van der Waals surface area contributed by atoms with Gasteiger partial charge in [-0.05, 0) is 17.7 Å². The first-order valence-corrected chi connectivity index (χ1v) is 5.85. The molecule has 0 atom stereocenters. The standard InChI is InChI=1S/C12H13ClN2O3/c13-11-9(7-15-5-6-17-12(14)16)8-3-1-2-4-10(8)18-11/h1-4,15H,5-7H2,(H2,14,16). The van der Waals surface area contributed by atoms with Crippen molar-refractivity contribution in [1.82, 2.24) is 5.32 Å². The molecule has 1 aromatic carbocycles. The second kappa shape index (κ2) is 5.75. The van der Waals surface area contributed by atoms with Gasteiger partial charge in [0.05, 0.1) is 0 Å². The van der Waals surface area contributed by atoms with E-state index in [0.717, 1.165) is 16.5 Å².